The monoisotopic (exact) mass is 382 g/mol. The van der Waals surface area contributed by atoms with Gasteiger partial charge in [-0.3, -0.25) is 5.43 Å². The van der Waals surface area contributed by atoms with Crippen molar-refractivity contribution in [3.05, 3.63) is 63.8 Å². The van der Waals surface area contributed by atoms with E-state index in [1.165, 1.54) is 0 Å². The summed E-state index contributed by atoms with van der Waals surface area (Å²) in [4.78, 5) is 11.5. The van der Waals surface area contributed by atoms with E-state index in [4.69, 9.17) is 4.98 Å². The largest absolute Gasteiger partial charge is 0.253 e. The number of hydrogen-bond donors (Lipinski definition) is 1. The van der Waals surface area contributed by atoms with Gasteiger partial charge in [-0.1, -0.05) is 36.4 Å². The van der Waals surface area contributed by atoms with Crippen LogP contribution in [0.5, 0.6) is 0 Å². The minimum atomic E-state index is 0.775. The lowest BCUT2D eigenvalue weighted by atomic mass is 10.2. The third-order valence-corrected chi connectivity index (χ3v) is 6.23. The lowest BCUT2D eigenvalue weighted by molar-refractivity contribution is 1.25. The maximum Gasteiger partial charge on any atom is 0.203 e. The van der Waals surface area contributed by atoms with Crippen molar-refractivity contribution < 1.29 is 0 Å². The second-order valence-corrected chi connectivity index (χ2v) is 8.06. The Hall–Kier alpha value is -2.35. The first-order valence-corrected chi connectivity index (χ1v) is 10.2. The molecule has 0 unspecified atom stereocenters. The number of nitrogens with one attached hydrogen (secondary N) is 1. The van der Waals surface area contributed by atoms with E-state index in [2.05, 4.69) is 27.6 Å². The van der Waals surface area contributed by atoms with Crippen molar-refractivity contribution in [2.45, 2.75) is 6.92 Å². The second-order valence-electron chi connectivity index (χ2n) is 5.22. The minimum absolute atomic E-state index is 0.775. The standard InChI is InChI=1S/C18H14N4S3/c1-12-16(25-17(20-12)13-6-3-2-4-7-13)15-11-24-18(21-15)22-19-10-14-8-5-9-23-14/h2-11H,1H3,(H,21,22)/b19-10+. The van der Waals surface area contributed by atoms with Crippen molar-refractivity contribution in [2.24, 2.45) is 5.10 Å². The molecule has 0 fully saturated rings. The molecule has 0 bridgehead atoms. The molecule has 3 heterocycles. The Morgan fingerprint density at radius 2 is 1.92 bits per heavy atom. The SMILES string of the molecule is Cc1nc(-c2ccccc2)sc1-c1csc(N/N=C/c2cccs2)n1. The normalized spacial score (nSPS) is 11.2. The van der Waals surface area contributed by atoms with Crippen molar-refractivity contribution >= 4 is 45.4 Å². The minimum Gasteiger partial charge on any atom is -0.253 e. The number of rotatable bonds is 5. The topological polar surface area (TPSA) is 50.2 Å². The zero-order valence-electron chi connectivity index (χ0n) is 13.3. The molecule has 0 saturated carbocycles. The summed E-state index contributed by atoms with van der Waals surface area (Å²) in [7, 11) is 0. The molecule has 1 N–H and O–H groups in total. The predicted molar refractivity (Wildman–Crippen MR) is 109 cm³/mol. The Balaban J connectivity index is 1.53. The highest BCUT2D eigenvalue weighted by Crippen LogP contribution is 2.36. The van der Waals surface area contributed by atoms with Crippen LogP contribution in [0.25, 0.3) is 21.1 Å². The van der Waals surface area contributed by atoms with Gasteiger partial charge in [-0.2, -0.15) is 5.10 Å². The molecule has 4 nitrogen and oxygen atoms in total. The fourth-order valence-corrected chi connectivity index (χ4v) is 4.63. The fourth-order valence-electron chi connectivity index (χ4n) is 2.28. The van der Waals surface area contributed by atoms with Crippen LogP contribution in [-0.2, 0) is 0 Å². The molecular formula is C18H14N4S3. The van der Waals surface area contributed by atoms with Crippen LogP contribution in [0, 0.1) is 6.92 Å². The summed E-state index contributed by atoms with van der Waals surface area (Å²) in [6, 6.07) is 14.3. The number of thiazole rings is 2. The summed E-state index contributed by atoms with van der Waals surface area (Å²) >= 11 is 4.86. The molecule has 1 aromatic carbocycles. The third kappa shape index (κ3) is 3.68. The van der Waals surface area contributed by atoms with Gasteiger partial charge in [0.15, 0.2) is 0 Å². The molecule has 3 aromatic heterocycles. The van der Waals surface area contributed by atoms with Crippen LogP contribution in [0.1, 0.15) is 10.6 Å². The quantitative estimate of drug-likeness (QED) is 0.353. The van der Waals surface area contributed by atoms with E-state index in [0.717, 1.165) is 36.8 Å². The predicted octanol–water partition coefficient (Wildman–Crippen LogP) is 5.75. The van der Waals surface area contributed by atoms with Crippen molar-refractivity contribution in [2.75, 3.05) is 5.43 Å². The van der Waals surface area contributed by atoms with Gasteiger partial charge in [0.2, 0.25) is 5.13 Å². The lowest BCUT2D eigenvalue weighted by Gasteiger charge is -1.93. The highest BCUT2D eigenvalue weighted by molar-refractivity contribution is 7.19. The Morgan fingerprint density at radius 1 is 1.04 bits per heavy atom. The van der Waals surface area contributed by atoms with Gasteiger partial charge in [-0.05, 0) is 18.4 Å². The van der Waals surface area contributed by atoms with Gasteiger partial charge in [-0.25, -0.2) is 9.97 Å². The van der Waals surface area contributed by atoms with Crippen molar-refractivity contribution in [3.8, 4) is 21.1 Å². The Kier molecular flexibility index (Phi) is 4.69. The van der Waals surface area contributed by atoms with E-state index in [1.54, 1.807) is 40.2 Å². The lowest BCUT2D eigenvalue weighted by Crippen LogP contribution is -1.88. The Morgan fingerprint density at radius 3 is 2.72 bits per heavy atom. The number of anilines is 1. The number of benzene rings is 1. The van der Waals surface area contributed by atoms with Crippen LogP contribution in [0.3, 0.4) is 0 Å². The Labute approximate surface area is 157 Å². The number of thiophene rings is 1. The van der Waals surface area contributed by atoms with Crippen LogP contribution in [0.4, 0.5) is 5.13 Å². The van der Waals surface area contributed by atoms with E-state index >= 15 is 0 Å². The molecule has 0 aliphatic heterocycles. The Bertz CT molecular complexity index is 985. The van der Waals surface area contributed by atoms with Crippen LogP contribution >= 0.6 is 34.0 Å². The molecule has 7 heteroatoms. The number of hydrogen-bond acceptors (Lipinski definition) is 7. The number of aromatic nitrogens is 2. The van der Waals surface area contributed by atoms with E-state index in [9.17, 15) is 0 Å². The van der Waals surface area contributed by atoms with Gasteiger partial charge < -0.3 is 0 Å². The molecule has 4 rings (SSSR count). The maximum absolute atomic E-state index is 4.70. The molecule has 0 atom stereocenters. The molecule has 4 aromatic rings. The van der Waals surface area contributed by atoms with E-state index < -0.39 is 0 Å². The highest BCUT2D eigenvalue weighted by atomic mass is 32.1. The number of hydrazone groups is 1. The molecule has 0 amide bonds. The zero-order chi connectivity index (χ0) is 17.1. The summed E-state index contributed by atoms with van der Waals surface area (Å²) in [5, 5.41) is 10.1. The van der Waals surface area contributed by atoms with Gasteiger partial charge in [0.05, 0.1) is 22.5 Å². The fraction of sp³-hybridized carbons (Fsp3) is 0.0556. The van der Waals surface area contributed by atoms with Gasteiger partial charge >= 0.3 is 0 Å². The molecular weight excluding hydrogens is 368 g/mol. The first kappa shape index (κ1) is 16.1. The summed E-state index contributed by atoms with van der Waals surface area (Å²) in [6.07, 6.45) is 1.80. The maximum atomic E-state index is 4.70. The van der Waals surface area contributed by atoms with Crippen LogP contribution in [-0.4, -0.2) is 16.2 Å². The molecule has 25 heavy (non-hydrogen) atoms. The molecule has 0 aliphatic rings. The average Bonchev–Trinajstić information content (AvgIpc) is 3.37. The summed E-state index contributed by atoms with van der Waals surface area (Å²) < 4.78 is 0. The molecule has 0 aliphatic carbocycles. The second kappa shape index (κ2) is 7.26. The zero-order valence-corrected chi connectivity index (χ0v) is 15.8. The van der Waals surface area contributed by atoms with Gasteiger partial charge in [0, 0.05) is 15.8 Å². The van der Waals surface area contributed by atoms with E-state index in [-0.39, 0.29) is 0 Å². The highest BCUT2D eigenvalue weighted by Gasteiger charge is 2.14. The first-order valence-electron chi connectivity index (χ1n) is 7.61. The van der Waals surface area contributed by atoms with Crippen LogP contribution in [0.2, 0.25) is 0 Å². The van der Waals surface area contributed by atoms with Gasteiger partial charge in [-0.15, -0.1) is 34.0 Å². The van der Waals surface area contributed by atoms with Gasteiger partial charge in [0.25, 0.3) is 0 Å². The molecule has 124 valence electrons. The average molecular weight is 383 g/mol. The number of aryl methyl sites for hydroxylation is 1. The van der Waals surface area contributed by atoms with Gasteiger partial charge in [0.1, 0.15) is 5.01 Å². The van der Waals surface area contributed by atoms with E-state index in [0.29, 0.717) is 0 Å². The summed E-state index contributed by atoms with van der Waals surface area (Å²) in [6.45, 7) is 2.03. The summed E-state index contributed by atoms with van der Waals surface area (Å²) in [5.41, 5.74) is 6.08. The number of nitrogens with zero attached hydrogens (tertiary/aromatic N) is 3. The van der Waals surface area contributed by atoms with Crippen molar-refractivity contribution in [3.63, 3.8) is 0 Å². The van der Waals surface area contributed by atoms with E-state index in [1.807, 2.05) is 48.0 Å². The smallest absolute Gasteiger partial charge is 0.203 e. The third-order valence-electron chi connectivity index (χ3n) is 3.45. The van der Waals surface area contributed by atoms with Crippen molar-refractivity contribution in [1.82, 2.24) is 9.97 Å². The molecule has 0 radical (unpaired) electrons. The first-order chi connectivity index (χ1) is 12.3. The summed E-state index contributed by atoms with van der Waals surface area (Å²) in [5.74, 6) is 0. The molecule has 0 saturated heterocycles. The molecule has 0 spiro atoms. The van der Waals surface area contributed by atoms with Crippen LogP contribution in [0.15, 0.2) is 58.3 Å². The van der Waals surface area contributed by atoms with Crippen LogP contribution < -0.4 is 5.43 Å². The van der Waals surface area contributed by atoms with Crippen molar-refractivity contribution in [1.29, 1.82) is 0 Å².